The third-order valence-electron chi connectivity index (χ3n) is 5.32. The molecule has 26 heavy (non-hydrogen) atoms. The standard InChI is InChI=1S/C20H29N3O2S/c1-4-22(5-2)12-13-23(19(24)15-8-6-7-9-15)20-21-17-11-10-16(25-3)14-18(17)26-20/h10-11,14-15H,4-9,12-13H2,1-3H3. The van der Waals surface area contributed by atoms with Crippen molar-refractivity contribution in [3.05, 3.63) is 18.2 Å². The molecule has 1 aromatic heterocycles. The second-order valence-corrected chi connectivity index (χ2v) is 7.84. The van der Waals surface area contributed by atoms with E-state index in [1.807, 2.05) is 23.1 Å². The fourth-order valence-corrected chi connectivity index (χ4v) is 4.64. The zero-order valence-corrected chi connectivity index (χ0v) is 16.8. The van der Waals surface area contributed by atoms with Crippen LogP contribution in [0, 0.1) is 5.92 Å². The molecule has 6 heteroatoms. The Morgan fingerprint density at radius 3 is 2.62 bits per heavy atom. The molecule has 0 aliphatic heterocycles. The summed E-state index contributed by atoms with van der Waals surface area (Å²) in [5, 5.41) is 0.817. The molecule has 0 spiro atoms. The average molecular weight is 376 g/mol. The van der Waals surface area contributed by atoms with Crippen LogP contribution in [0.15, 0.2) is 18.2 Å². The van der Waals surface area contributed by atoms with Crippen molar-refractivity contribution in [2.75, 3.05) is 38.2 Å². The van der Waals surface area contributed by atoms with Crippen molar-refractivity contribution in [1.29, 1.82) is 0 Å². The number of hydrogen-bond donors (Lipinski definition) is 0. The van der Waals surface area contributed by atoms with E-state index in [1.165, 1.54) is 0 Å². The number of carbonyl (C=O) groups is 1. The number of amides is 1. The Balaban J connectivity index is 1.87. The van der Waals surface area contributed by atoms with Crippen LogP contribution in [0.2, 0.25) is 0 Å². The van der Waals surface area contributed by atoms with Gasteiger partial charge in [0.05, 0.1) is 17.3 Å². The summed E-state index contributed by atoms with van der Waals surface area (Å²) in [6.07, 6.45) is 4.35. The summed E-state index contributed by atoms with van der Waals surface area (Å²) in [5.74, 6) is 1.23. The second-order valence-electron chi connectivity index (χ2n) is 6.83. The minimum absolute atomic E-state index is 0.160. The van der Waals surface area contributed by atoms with E-state index in [-0.39, 0.29) is 11.8 Å². The number of thiazole rings is 1. The summed E-state index contributed by atoms with van der Waals surface area (Å²) in [7, 11) is 1.67. The maximum atomic E-state index is 13.2. The molecular weight excluding hydrogens is 346 g/mol. The SMILES string of the molecule is CCN(CC)CCN(C(=O)C1CCCC1)c1nc2ccc(OC)cc2s1. The van der Waals surface area contributed by atoms with Gasteiger partial charge < -0.3 is 9.64 Å². The number of rotatable bonds is 8. The van der Waals surface area contributed by atoms with Crippen molar-refractivity contribution >= 4 is 32.6 Å². The Bertz CT molecular complexity index is 736. The van der Waals surface area contributed by atoms with Gasteiger partial charge in [0.1, 0.15) is 5.75 Å². The molecule has 142 valence electrons. The molecule has 1 aliphatic carbocycles. The minimum Gasteiger partial charge on any atom is -0.497 e. The van der Waals surface area contributed by atoms with Crippen molar-refractivity contribution < 1.29 is 9.53 Å². The van der Waals surface area contributed by atoms with Gasteiger partial charge in [-0.05, 0) is 44.1 Å². The van der Waals surface area contributed by atoms with E-state index < -0.39 is 0 Å². The topological polar surface area (TPSA) is 45.7 Å². The van der Waals surface area contributed by atoms with Gasteiger partial charge in [0.15, 0.2) is 5.13 Å². The van der Waals surface area contributed by atoms with Gasteiger partial charge in [0, 0.05) is 19.0 Å². The number of carbonyl (C=O) groups excluding carboxylic acids is 1. The number of hydrogen-bond acceptors (Lipinski definition) is 5. The van der Waals surface area contributed by atoms with Crippen molar-refractivity contribution in [3.8, 4) is 5.75 Å². The highest BCUT2D eigenvalue weighted by molar-refractivity contribution is 7.22. The first-order valence-corrected chi connectivity index (χ1v) is 10.5. The highest BCUT2D eigenvalue weighted by Crippen LogP contribution is 2.34. The third-order valence-corrected chi connectivity index (χ3v) is 6.36. The molecule has 5 nitrogen and oxygen atoms in total. The van der Waals surface area contributed by atoms with Crippen LogP contribution in [-0.2, 0) is 4.79 Å². The maximum Gasteiger partial charge on any atom is 0.231 e. The van der Waals surface area contributed by atoms with Crippen molar-refractivity contribution in [2.24, 2.45) is 5.92 Å². The van der Waals surface area contributed by atoms with Crippen LogP contribution >= 0.6 is 11.3 Å². The summed E-state index contributed by atoms with van der Waals surface area (Å²) in [4.78, 5) is 22.2. The van der Waals surface area contributed by atoms with Crippen LogP contribution in [0.3, 0.4) is 0 Å². The van der Waals surface area contributed by atoms with Gasteiger partial charge in [0.25, 0.3) is 0 Å². The Labute approximate surface area is 160 Å². The number of anilines is 1. The highest BCUT2D eigenvalue weighted by atomic mass is 32.1. The summed E-state index contributed by atoms with van der Waals surface area (Å²) >= 11 is 1.58. The lowest BCUT2D eigenvalue weighted by atomic mass is 10.1. The lowest BCUT2D eigenvalue weighted by Crippen LogP contribution is -2.41. The molecule has 1 aliphatic rings. The molecule has 1 fully saturated rings. The van der Waals surface area contributed by atoms with Crippen molar-refractivity contribution in [3.63, 3.8) is 0 Å². The number of likely N-dealkylation sites (N-methyl/N-ethyl adjacent to an activating group) is 1. The summed E-state index contributed by atoms with van der Waals surface area (Å²) in [6.45, 7) is 7.91. The molecular formula is C20H29N3O2S. The lowest BCUT2D eigenvalue weighted by Gasteiger charge is -2.26. The number of benzene rings is 1. The molecule has 0 bridgehead atoms. The van der Waals surface area contributed by atoms with Gasteiger partial charge in [-0.1, -0.05) is 38.0 Å². The molecule has 1 saturated carbocycles. The molecule has 3 rings (SSSR count). The Morgan fingerprint density at radius 1 is 1.23 bits per heavy atom. The van der Waals surface area contributed by atoms with Crippen LogP contribution in [0.4, 0.5) is 5.13 Å². The van der Waals surface area contributed by atoms with E-state index in [9.17, 15) is 4.79 Å². The lowest BCUT2D eigenvalue weighted by molar-refractivity contribution is -0.122. The molecule has 0 radical (unpaired) electrons. The van der Waals surface area contributed by atoms with Gasteiger partial charge in [-0.15, -0.1) is 0 Å². The molecule has 0 unspecified atom stereocenters. The van der Waals surface area contributed by atoms with Crippen LogP contribution in [0.25, 0.3) is 10.2 Å². The van der Waals surface area contributed by atoms with Gasteiger partial charge >= 0.3 is 0 Å². The van der Waals surface area contributed by atoms with Crippen molar-refractivity contribution in [1.82, 2.24) is 9.88 Å². The number of fused-ring (bicyclic) bond motifs is 1. The summed E-state index contributed by atoms with van der Waals surface area (Å²) in [6, 6.07) is 5.89. The van der Waals surface area contributed by atoms with Crippen LogP contribution in [0.5, 0.6) is 5.75 Å². The molecule has 0 saturated heterocycles. The van der Waals surface area contributed by atoms with E-state index >= 15 is 0 Å². The molecule has 1 amide bonds. The number of aromatic nitrogens is 1. The maximum absolute atomic E-state index is 13.2. The van der Waals surface area contributed by atoms with E-state index in [2.05, 4.69) is 18.7 Å². The first-order valence-electron chi connectivity index (χ1n) is 9.64. The van der Waals surface area contributed by atoms with Gasteiger partial charge in [-0.3, -0.25) is 9.69 Å². The van der Waals surface area contributed by atoms with Crippen LogP contribution in [-0.4, -0.2) is 49.1 Å². The zero-order chi connectivity index (χ0) is 18.5. The fraction of sp³-hybridized carbons (Fsp3) is 0.600. The Kier molecular flexibility index (Phi) is 6.48. The number of ether oxygens (including phenoxy) is 1. The molecule has 1 aromatic carbocycles. The first kappa shape index (κ1) is 19.1. The van der Waals surface area contributed by atoms with Gasteiger partial charge in [-0.2, -0.15) is 0 Å². The van der Waals surface area contributed by atoms with E-state index in [0.717, 1.165) is 66.4 Å². The number of methoxy groups -OCH3 is 1. The molecule has 1 heterocycles. The predicted molar refractivity (Wildman–Crippen MR) is 108 cm³/mol. The normalized spacial score (nSPS) is 15.1. The fourth-order valence-electron chi connectivity index (χ4n) is 3.61. The second kappa shape index (κ2) is 8.82. The van der Waals surface area contributed by atoms with E-state index in [1.54, 1.807) is 18.4 Å². The van der Waals surface area contributed by atoms with Gasteiger partial charge in [0.2, 0.25) is 5.91 Å². The Morgan fingerprint density at radius 2 is 1.96 bits per heavy atom. The monoisotopic (exact) mass is 375 g/mol. The molecule has 0 N–H and O–H groups in total. The largest absolute Gasteiger partial charge is 0.497 e. The van der Waals surface area contributed by atoms with E-state index in [0.29, 0.717) is 6.54 Å². The van der Waals surface area contributed by atoms with E-state index in [4.69, 9.17) is 9.72 Å². The van der Waals surface area contributed by atoms with Crippen LogP contribution < -0.4 is 9.64 Å². The summed E-state index contributed by atoms with van der Waals surface area (Å²) in [5.41, 5.74) is 0.929. The first-order chi connectivity index (χ1) is 12.7. The highest BCUT2D eigenvalue weighted by Gasteiger charge is 2.29. The zero-order valence-electron chi connectivity index (χ0n) is 16.0. The molecule has 2 aromatic rings. The van der Waals surface area contributed by atoms with Crippen LogP contribution in [0.1, 0.15) is 39.5 Å². The quantitative estimate of drug-likeness (QED) is 0.695. The Hall–Kier alpha value is -1.66. The average Bonchev–Trinajstić information content (AvgIpc) is 3.33. The smallest absolute Gasteiger partial charge is 0.231 e. The van der Waals surface area contributed by atoms with Crippen molar-refractivity contribution in [2.45, 2.75) is 39.5 Å². The summed E-state index contributed by atoms with van der Waals surface area (Å²) < 4.78 is 6.38. The third kappa shape index (κ3) is 4.18. The predicted octanol–water partition coefficient (Wildman–Crippen LogP) is 4.17. The molecule has 0 atom stereocenters. The van der Waals surface area contributed by atoms with Gasteiger partial charge in [-0.25, -0.2) is 4.98 Å². The number of nitrogens with zero attached hydrogens (tertiary/aromatic N) is 3. The minimum atomic E-state index is 0.160.